The second kappa shape index (κ2) is 6.24. The van der Waals surface area contributed by atoms with Crippen LogP contribution in [0.4, 0.5) is 5.69 Å². The van der Waals surface area contributed by atoms with Crippen molar-refractivity contribution in [1.82, 2.24) is 0 Å². The standard InChI is InChI=1S/C26H18BrNO3/c1-14-12-15(27)10-11-20(14)28-24(30)22-21-16-6-2-4-8-18(16)26(13-29,23(22)25(28)31)19-9-5-3-7-17(19)21/h2-13,21-23H,1H3/t21?,22-,23+,26?/m1/s1. The van der Waals surface area contributed by atoms with Gasteiger partial charge in [0.25, 0.3) is 0 Å². The summed E-state index contributed by atoms with van der Waals surface area (Å²) in [6.45, 7) is 1.89. The number of carbonyl (C=O) groups excluding carboxylic acids is 3. The molecule has 0 radical (unpaired) electrons. The fraction of sp³-hybridized carbons (Fsp3) is 0.192. The molecule has 3 aromatic carbocycles. The largest absolute Gasteiger partial charge is 0.302 e. The van der Waals surface area contributed by atoms with Crippen LogP contribution in [0.3, 0.4) is 0 Å². The molecule has 4 aliphatic rings. The van der Waals surface area contributed by atoms with E-state index in [1.165, 1.54) is 4.90 Å². The highest BCUT2D eigenvalue weighted by molar-refractivity contribution is 9.10. The Bertz CT molecular complexity index is 1270. The van der Waals surface area contributed by atoms with E-state index in [1.54, 1.807) is 6.07 Å². The number of benzene rings is 3. The predicted molar refractivity (Wildman–Crippen MR) is 120 cm³/mol. The zero-order valence-electron chi connectivity index (χ0n) is 16.7. The molecule has 0 aromatic heterocycles. The minimum Gasteiger partial charge on any atom is -0.302 e. The maximum absolute atomic E-state index is 13.9. The van der Waals surface area contributed by atoms with Crippen LogP contribution >= 0.6 is 15.9 Å². The van der Waals surface area contributed by atoms with Crippen molar-refractivity contribution in [2.45, 2.75) is 18.3 Å². The van der Waals surface area contributed by atoms with Crippen molar-refractivity contribution in [3.8, 4) is 0 Å². The van der Waals surface area contributed by atoms with E-state index in [2.05, 4.69) is 15.9 Å². The van der Waals surface area contributed by atoms with E-state index in [-0.39, 0.29) is 17.7 Å². The first-order valence-corrected chi connectivity index (χ1v) is 11.1. The van der Waals surface area contributed by atoms with Gasteiger partial charge in [-0.25, -0.2) is 4.90 Å². The number of aldehydes is 1. The molecule has 3 aliphatic carbocycles. The van der Waals surface area contributed by atoms with Gasteiger partial charge in [0.15, 0.2) is 0 Å². The van der Waals surface area contributed by atoms with Gasteiger partial charge in [-0.15, -0.1) is 0 Å². The zero-order chi connectivity index (χ0) is 21.5. The number of halogens is 1. The van der Waals surface area contributed by atoms with E-state index in [0.29, 0.717) is 5.69 Å². The van der Waals surface area contributed by atoms with Crippen molar-refractivity contribution < 1.29 is 14.4 Å². The fourth-order valence-electron chi connectivity index (χ4n) is 6.14. The maximum atomic E-state index is 13.9. The first-order chi connectivity index (χ1) is 15.0. The smallest absolute Gasteiger partial charge is 0.239 e. The molecule has 1 heterocycles. The lowest BCUT2D eigenvalue weighted by Gasteiger charge is -2.51. The molecule has 31 heavy (non-hydrogen) atoms. The van der Waals surface area contributed by atoms with Crippen LogP contribution in [0.5, 0.6) is 0 Å². The molecule has 4 nitrogen and oxygen atoms in total. The van der Waals surface area contributed by atoms with Crippen LogP contribution in [0.2, 0.25) is 0 Å². The van der Waals surface area contributed by atoms with Crippen molar-refractivity contribution in [2.24, 2.45) is 11.8 Å². The Hall–Kier alpha value is -3.05. The Morgan fingerprint density at radius 1 is 0.903 bits per heavy atom. The average molecular weight is 472 g/mol. The lowest BCUT2D eigenvalue weighted by atomic mass is 9.48. The van der Waals surface area contributed by atoms with Gasteiger partial charge in [-0.2, -0.15) is 0 Å². The summed E-state index contributed by atoms with van der Waals surface area (Å²) in [6.07, 6.45) is 0.904. The number of carbonyl (C=O) groups is 3. The molecule has 152 valence electrons. The molecular formula is C26H18BrNO3. The van der Waals surface area contributed by atoms with Crippen LogP contribution in [0.15, 0.2) is 71.2 Å². The van der Waals surface area contributed by atoms with Crippen molar-refractivity contribution in [3.63, 3.8) is 0 Å². The highest BCUT2D eigenvalue weighted by atomic mass is 79.9. The first kappa shape index (κ1) is 18.7. The van der Waals surface area contributed by atoms with Crippen molar-refractivity contribution >= 4 is 39.7 Å². The summed E-state index contributed by atoms with van der Waals surface area (Å²) in [5, 5.41) is 0. The van der Waals surface area contributed by atoms with Crippen molar-refractivity contribution in [1.29, 1.82) is 0 Å². The molecule has 1 fully saturated rings. The van der Waals surface area contributed by atoms with Gasteiger partial charge in [-0.1, -0.05) is 64.5 Å². The van der Waals surface area contributed by atoms with E-state index in [1.807, 2.05) is 67.6 Å². The summed E-state index contributed by atoms with van der Waals surface area (Å²) in [5.74, 6) is -2.08. The van der Waals surface area contributed by atoms with E-state index in [4.69, 9.17) is 0 Å². The Balaban J connectivity index is 1.65. The SMILES string of the molecule is Cc1cc(Br)ccc1N1C(=O)[C@@H]2C3c4ccccc4C(C=O)(c4ccccc43)[C@@H]2C1=O. The quantitative estimate of drug-likeness (QED) is 0.408. The van der Waals surface area contributed by atoms with Crippen molar-refractivity contribution in [3.05, 3.63) is 99.0 Å². The summed E-state index contributed by atoms with van der Waals surface area (Å²) in [4.78, 5) is 42.0. The van der Waals surface area contributed by atoms with Gasteiger partial charge in [0, 0.05) is 10.4 Å². The first-order valence-electron chi connectivity index (χ1n) is 10.3. The molecule has 3 aromatic rings. The number of rotatable bonds is 2. The lowest BCUT2D eigenvalue weighted by molar-refractivity contribution is -0.128. The topological polar surface area (TPSA) is 54.5 Å². The van der Waals surface area contributed by atoms with Crippen molar-refractivity contribution in [2.75, 3.05) is 4.90 Å². The summed E-state index contributed by atoms with van der Waals surface area (Å²) >= 11 is 3.45. The molecule has 1 saturated heterocycles. The van der Waals surface area contributed by atoms with Crippen LogP contribution in [-0.2, 0) is 19.8 Å². The molecular weight excluding hydrogens is 454 g/mol. The van der Waals surface area contributed by atoms with Gasteiger partial charge >= 0.3 is 0 Å². The summed E-state index contributed by atoms with van der Waals surface area (Å²) in [6, 6.07) is 21.1. The predicted octanol–water partition coefficient (Wildman–Crippen LogP) is 4.51. The zero-order valence-corrected chi connectivity index (χ0v) is 18.3. The highest BCUT2D eigenvalue weighted by Gasteiger charge is 2.68. The number of imide groups is 1. The van der Waals surface area contributed by atoms with Crippen LogP contribution in [-0.4, -0.2) is 18.1 Å². The average Bonchev–Trinajstić information content (AvgIpc) is 3.05. The fourth-order valence-corrected chi connectivity index (χ4v) is 6.61. The van der Waals surface area contributed by atoms with Gasteiger partial charge in [0.1, 0.15) is 6.29 Å². The Morgan fingerprint density at radius 3 is 2.10 bits per heavy atom. The van der Waals surface area contributed by atoms with Gasteiger partial charge in [0.2, 0.25) is 11.8 Å². The maximum Gasteiger partial charge on any atom is 0.239 e. The lowest BCUT2D eigenvalue weighted by Crippen LogP contribution is -2.54. The van der Waals surface area contributed by atoms with Crippen LogP contribution in [0, 0.1) is 18.8 Å². The highest BCUT2D eigenvalue weighted by Crippen LogP contribution is 2.63. The van der Waals surface area contributed by atoms with E-state index in [0.717, 1.165) is 38.6 Å². The molecule has 0 spiro atoms. The molecule has 5 heteroatoms. The monoisotopic (exact) mass is 471 g/mol. The third-order valence-corrected chi connectivity index (χ3v) is 7.76. The Morgan fingerprint density at radius 2 is 1.52 bits per heavy atom. The van der Waals surface area contributed by atoms with E-state index < -0.39 is 17.3 Å². The molecule has 0 saturated carbocycles. The van der Waals surface area contributed by atoms with Gasteiger partial charge in [0.05, 0.1) is 22.9 Å². The summed E-state index contributed by atoms with van der Waals surface area (Å²) in [5.41, 5.74) is 3.92. The van der Waals surface area contributed by atoms with Crippen LogP contribution in [0.25, 0.3) is 0 Å². The number of hydrogen-bond donors (Lipinski definition) is 0. The Kier molecular flexibility index (Phi) is 3.76. The second-order valence-corrected chi connectivity index (χ2v) is 9.50. The minimum atomic E-state index is -1.16. The molecule has 2 amide bonds. The molecule has 0 unspecified atom stereocenters. The molecule has 2 atom stereocenters. The number of hydrogen-bond acceptors (Lipinski definition) is 3. The number of aryl methyl sites for hydroxylation is 1. The molecule has 1 aliphatic heterocycles. The number of nitrogens with zero attached hydrogens (tertiary/aromatic N) is 1. The number of anilines is 1. The normalized spacial score (nSPS) is 27.7. The van der Waals surface area contributed by atoms with Crippen LogP contribution in [0.1, 0.15) is 33.7 Å². The third kappa shape index (κ3) is 2.12. The third-order valence-electron chi connectivity index (χ3n) is 7.27. The van der Waals surface area contributed by atoms with Gasteiger partial charge < -0.3 is 4.79 Å². The van der Waals surface area contributed by atoms with E-state index in [9.17, 15) is 14.4 Å². The summed E-state index contributed by atoms with van der Waals surface area (Å²) < 4.78 is 0.884. The van der Waals surface area contributed by atoms with Gasteiger partial charge in [-0.3, -0.25) is 9.59 Å². The van der Waals surface area contributed by atoms with Crippen LogP contribution < -0.4 is 4.90 Å². The van der Waals surface area contributed by atoms with E-state index >= 15 is 0 Å². The number of amides is 2. The molecule has 0 N–H and O–H groups in total. The summed E-state index contributed by atoms with van der Waals surface area (Å²) in [7, 11) is 0. The minimum absolute atomic E-state index is 0.222. The van der Waals surface area contributed by atoms with Gasteiger partial charge in [-0.05, 0) is 52.9 Å². The molecule has 2 bridgehead atoms. The second-order valence-electron chi connectivity index (χ2n) is 8.59. The Labute approximate surface area is 188 Å². The molecule has 7 rings (SSSR count).